The van der Waals surface area contributed by atoms with Crippen LogP contribution in [0.1, 0.15) is 118 Å². The van der Waals surface area contributed by atoms with Gasteiger partial charge in [0.2, 0.25) is 0 Å². The third-order valence-electron chi connectivity index (χ3n) is 5.45. The van der Waals surface area contributed by atoms with Gasteiger partial charge in [0.25, 0.3) is 0 Å². The monoisotopic (exact) mass is 476 g/mol. The maximum absolute atomic E-state index is 12.6. The summed E-state index contributed by atoms with van der Waals surface area (Å²) < 4.78 is 10.1. The summed E-state index contributed by atoms with van der Waals surface area (Å²) in [6, 6.07) is 0. The number of unbranched alkanes of at least 4 members (excludes halogenated alkanes) is 7. The Morgan fingerprint density at radius 1 is 0.731 bits per heavy atom. The second kappa shape index (κ2) is 17.4. The second-order valence-electron chi connectivity index (χ2n) is 8.67. The molecule has 0 aromatic rings. The van der Waals surface area contributed by atoms with Gasteiger partial charge in [-0.1, -0.05) is 0 Å². The first-order chi connectivity index (χ1) is 12.5. The van der Waals surface area contributed by atoms with Crippen LogP contribution >= 0.6 is 0 Å². The molecular formula is C23H48O2Sn. The van der Waals surface area contributed by atoms with E-state index in [2.05, 4.69) is 34.6 Å². The molecule has 0 aromatic heterocycles. The predicted octanol–water partition coefficient (Wildman–Crippen LogP) is 8.26. The average Bonchev–Trinajstić information content (AvgIpc) is 2.61. The van der Waals surface area contributed by atoms with Gasteiger partial charge in [0.15, 0.2) is 0 Å². The van der Waals surface area contributed by atoms with Crippen LogP contribution in [0, 0.1) is 5.92 Å². The van der Waals surface area contributed by atoms with Crippen molar-refractivity contribution in [1.29, 1.82) is 0 Å². The van der Waals surface area contributed by atoms with E-state index in [0.717, 1.165) is 12.3 Å². The topological polar surface area (TPSA) is 26.3 Å². The van der Waals surface area contributed by atoms with Crippen molar-refractivity contribution in [2.45, 2.75) is 131 Å². The van der Waals surface area contributed by atoms with Crippen molar-refractivity contribution in [3.63, 3.8) is 0 Å². The van der Waals surface area contributed by atoms with Crippen molar-refractivity contribution in [3.8, 4) is 0 Å². The standard InChI is InChI=1S/C11H22O2.3C4H9.Sn/c1-10(2)8-6-4-3-5-7-9-11(12)13;3*1-3-4-2;/h10H,3-9H2,1-2H3,(H,12,13);3*1,3-4H2,2H3;/q;;;;+1/p-1. The summed E-state index contributed by atoms with van der Waals surface area (Å²) >= 11 is -2.73. The van der Waals surface area contributed by atoms with Gasteiger partial charge < -0.3 is 0 Å². The fourth-order valence-corrected chi connectivity index (χ4v) is 16.9. The van der Waals surface area contributed by atoms with Crippen LogP contribution in [-0.2, 0) is 7.87 Å². The van der Waals surface area contributed by atoms with Crippen LogP contribution in [0.15, 0.2) is 0 Å². The molecule has 0 aliphatic rings. The molecular weight excluding hydrogens is 427 g/mol. The van der Waals surface area contributed by atoms with Crippen molar-refractivity contribution in [1.82, 2.24) is 0 Å². The van der Waals surface area contributed by atoms with E-state index >= 15 is 0 Å². The maximum atomic E-state index is 12.6. The third kappa shape index (κ3) is 14.3. The zero-order valence-corrected chi connectivity index (χ0v) is 21.6. The molecule has 0 amide bonds. The molecule has 0 atom stereocenters. The summed E-state index contributed by atoms with van der Waals surface area (Å²) in [5.74, 6) is 0.964. The molecule has 0 rings (SSSR count). The van der Waals surface area contributed by atoms with E-state index in [0.29, 0.717) is 6.42 Å². The van der Waals surface area contributed by atoms with Crippen molar-refractivity contribution >= 4 is 24.8 Å². The molecule has 0 saturated carbocycles. The Labute approximate surface area is 169 Å². The Morgan fingerprint density at radius 2 is 1.19 bits per heavy atom. The summed E-state index contributed by atoms with van der Waals surface area (Å²) in [4.78, 5) is 12.6. The molecule has 0 radical (unpaired) electrons. The molecule has 156 valence electrons. The molecule has 0 aliphatic carbocycles. The van der Waals surface area contributed by atoms with Crippen LogP contribution in [-0.4, -0.2) is 24.8 Å². The Hall–Kier alpha value is 0.269. The van der Waals surface area contributed by atoms with Crippen molar-refractivity contribution < 1.29 is 7.87 Å². The Balaban J connectivity index is 4.32. The van der Waals surface area contributed by atoms with E-state index in [9.17, 15) is 4.79 Å². The SMILES string of the molecule is CCC[CH2][Sn]([CH2]CCC)([CH2]CCC)[O]C(=O)CCCCCCCC(C)C. The zero-order valence-electron chi connectivity index (χ0n) is 18.7. The minimum atomic E-state index is -2.73. The quantitative estimate of drug-likeness (QED) is 0.147. The van der Waals surface area contributed by atoms with Gasteiger partial charge >= 0.3 is 170 Å². The predicted molar refractivity (Wildman–Crippen MR) is 118 cm³/mol. The summed E-state index contributed by atoms with van der Waals surface area (Å²) in [5.41, 5.74) is 0. The van der Waals surface area contributed by atoms with Crippen molar-refractivity contribution in [3.05, 3.63) is 0 Å². The number of carbonyl (C=O) groups is 1. The molecule has 0 bridgehead atoms. The van der Waals surface area contributed by atoms with Gasteiger partial charge in [-0.25, -0.2) is 0 Å². The summed E-state index contributed by atoms with van der Waals surface area (Å²) in [6.45, 7) is 11.4. The first kappa shape index (κ1) is 26.3. The molecule has 0 fully saturated rings. The van der Waals surface area contributed by atoms with Gasteiger partial charge in [0, 0.05) is 0 Å². The third-order valence-corrected chi connectivity index (χ3v) is 18.2. The van der Waals surface area contributed by atoms with Gasteiger partial charge in [0.05, 0.1) is 0 Å². The molecule has 0 saturated heterocycles. The minimum absolute atomic E-state index is 0.145. The summed E-state index contributed by atoms with van der Waals surface area (Å²) in [6.07, 6.45) is 15.6. The fraction of sp³-hybridized carbons (Fsp3) is 0.957. The van der Waals surface area contributed by atoms with E-state index in [4.69, 9.17) is 3.07 Å². The van der Waals surface area contributed by atoms with E-state index in [1.807, 2.05) is 0 Å². The molecule has 0 N–H and O–H groups in total. The van der Waals surface area contributed by atoms with Gasteiger partial charge in [-0.2, -0.15) is 0 Å². The van der Waals surface area contributed by atoms with Crippen LogP contribution in [0.2, 0.25) is 13.3 Å². The fourth-order valence-electron chi connectivity index (χ4n) is 3.67. The van der Waals surface area contributed by atoms with Gasteiger partial charge in [0.1, 0.15) is 0 Å². The normalized spacial score (nSPS) is 11.9. The summed E-state index contributed by atoms with van der Waals surface area (Å²) in [7, 11) is 0. The van der Waals surface area contributed by atoms with Gasteiger partial charge in [-0.15, -0.1) is 0 Å². The number of carbonyl (C=O) groups excluding carboxylic acids is 1. The van der Waals surface area contributed by atoms with Crippen LogP contribution in [0.4, 0.5) is 0 Å². The van der Waals surface area contributed by atoms with Crippen molar-refractivity contribution in [2.75, 3.05) is 0 Å². The molecule has 0 spiro atoms. The van der Waals surface area contributed by atoms with Crippen LogP contribution < -0.4 is 0 Å². The Kier molecular flexibility index (Phi) is 17.6. The Bertz CT molecular complexity index is 306. The van der Waals surface area contributed by atoms with E-state index in [1.54, 1.807) is 0 Å². The van der Waals surface area contributed by atoms with Gasteiger partial charge in [-0.3, -0.25) is 0 Å². The second-order valence-corrected chi connectivity index (χ2v) is 20.3. The van der Waals surface area contributed by atoms with Crippen molar-refractivity contribution in [2.24, 2.45) is 5.92 Å². The van der Waals surface area contributed by atoms with E-state index < -0.39 is 18.8 Å². The zero-order chi connectivity index (χ0) is 19.7. The van der Waals surface area contributed by atoms with Crippen LogP contribution in [0.3, 0.4) is 0 Å². The molecule has 0 heterocycles. The van der Waals surface area contributed by atoms with Crippen LogP contribution in [0.25, 0.3) is 0 Å². The van der Waals surface area contributed by atoms with E-state index in [-0.39, 0.29) is 5.97 Å². The number of hydrogen-bond acceptors (Lipinski definition) is 2. The first-order valence-corrected chi connectivity index (χ1v) is 18.9. The molecule has 0 aromatic carbocycles. The molecule has 2 nitrogen and oxygen atoms in total. The average molecular weight is 475 g/mol. The Morgan fingerprint density at radius 3 is 1.65 bits per heavy atom. The number of hydrogen-bond donors (Lipinski definition) is 0. The van der Waals surface area contributed by atoms with Crippen LogP contribution in [0.5, 0.6) is 0 Å². The summed E-state index contributed by atoms with van der Waals surface area (Å²) in [5, 5.41) is 0. The molecule has 0 aliphatic heterocycles. The molecule has 0 unspecified atom stereocenters. The molecule has 3 heteroatoms. The molecule has 26 heavy (non-hydrogen) atoms. The van der Waals surface area contributed by atoms with E-state index in [1.165, 1.54) is 83.9 Å². The van der Waals surface area contributed by atoms with Gasteiger partial charge in [-0.05, 0) is 0 Å². The number of rotatable bonds is 18. The first-order valence-electron chi connectivity index (χ1n) is 11.7.